The number of carbonyl (C=O) groups is 2. The standard InChI is InChI=1S/C14H14ClNO3/c1-2-19-14(18)7-10(17)8-16-9-12(15)11-5-3-4-6-13(11)16/h3-6,9H,2,7-8H2,1H3. The van der Waals surface area contributed by atoms with E-state index in [0.717, 1.165) is 10.9 Å². The van der Waals surface area contributed by atoms with Gasteiger partial charge in [-0.3, -0.25) is 9.59 Å². The van der Waals surface area contributed by atoms with Gasteiger partial charge in [-0.05, 0) is 13.0 Å². The van der Waals surface area contributed by atoms with E-state index in [1.165, 1.54) is 0 Å². The van der Waals surface area contributed by atoms with Gasteiger partial charge in [0.2, 0.25) is 0 Å². The Morgan fingerprint density at radius 2 is 2.05 bits per heavy atom. The highest BCUT2D eigenvalue weighted by Gasteiger charge is 2.13. The average molecular weight is 280 g/mol. The molecule has 1 aromatic carbocycles. The van der Waals surface area contributed by atoms with Crippen LogP contribution in [0.3, 0.4) is 0 Å². The van der Waals surface area contributed by atoms with Crippen molar-refractivity contribution in [1.29, 1.82) is 0 Å². The van der Waals surface area contributed by atoms with Crippen LogP contribution in [0.15, 0.2) is 30.5 Å². The lowest BCUT2D eigenvalue weighted by molar-refractivity contribution is -0.145. The molecule has 2 aromatic rings. The Kier molecular flexibility index (Phi) is 4.22. The van der Waals surface area contributed by atoms with E-state index in [2.05, 4.69) is 0 Å². The minimum absolute atomic E-state index is 0.117. The predicted molar refractivity (Wildman–Crippen MR) is 73.2 cm³/mol. The highest BCUT2D eigenvalue weighted by Crippen LogP contribution is 2.25. The van der Waals surface area contributed by atoms with Crippen LogP contribution >= 0.6 is 11.6 Å². The number of esters is 1. The molecule has 0 aliphatic carbocycles. The van der Waals surface area contributed by atoms with Crippen LogP contribution < -0.4 is 0 Å². The molecule has 19 heavy (non-hydrogen) atoms. The zero-order valence-corrected chi connectivity index (χ0v) is 11.3. The molecular formula is C14H14ClNO3. The third-order valence-electron chi connectivity index (χ3n) is 2.73. The summed E-state index contributed by atoms with van der Waals surface area (Å²) in [6.45, 7) is 2.11. The number of hydrogen-bond donors (Lipinski definition) is 0. The van der Waals surface area contributed by atoms with Crippen LogP contribution in [0.1, 0.15) is 13.3 Å². The van der Waals surface area contributed by atoms with Gasteiger partial charge in [0, 0.05) is 17.1 Å². The number of Topliss-reactive ketones (excluding diaryl/α,β-unsaturated/α-hetero) is 1. The first-order valence-electron chi connectivity index (χ1n) is 6.02. The van der Waals surface area contributed by atoms with E-state index in [9.17, 15) is 9.59 Å². The van der Waals surface area contributed by atoms with Crippen molar-refractivity contribution >= 4 is 34.3 Å². The summed E-state index contributed by atoms with van der Waals surface area (Å²) < 4.78 is 6.50. The molecule has 5 heteroatoms. The van der Waals surface area contributed by atoms with Gasteiger partial charge in [0.25, 0.3) is 0 Å². The molecule has 0 atom stereocenters. The Bertz CT molecular complexity index is 618. The van der Waals surface area contributed by atoms with Crippen LogP contribution in [0.25, 0.3) is 10.9 Å². The predicted octanol–water partition coefficient (Wildman–Crippen LogP) is 2.82. The monoisotopic (exact) mass is 279 g/mol. The number of rotatable bonds is 5. The number of benzene rings is 1. The van der Waals surface area contributed by atoms with Crippen molar-refractivity contribution in [2.75, 3.05) is 6.61 Å². The lowest BCUT2D eigenvalue weighted by Gasteiger charge is -2.04. The summed E-state index contributed by atoms with van der Waals surface area (Å²) >= 11 is 6.09. The number of ketones is 1. The Hall–Kier alpha value is -1.81. The van der Waals surface area contributed by atoms with Crippen molar-refractivity contribution < 1.29 is 14.3 Å². The van der Waals surface area contributed by atoms with Crippen LogP contribution in [0, 0.1) is 0 Å². The molecule has 0 bridgehead atoms. The van der Waals surface area contributed by atoms with E-state index >= 15 is 0 Å². The Morgan fingerprint density at radius 1 is 1.32 bits per heavy atom. The van der Waals surface area contributed by atoms with Crippen molar-refractivity contribution in [3.63, 3.8) is 0 Å². The fraction of sp³-hybridized carbons (Fsp3) is 0.286. The van der Waals surface area contributed by atoms with Crippen LogP contribution in [-0.2, 0) is 20.9 Å². The maximum Gasteiger partial charge on any atom is 0.313 e. The van der Waals surface area contributed by atoms with Crippen molar-refractivity contribution in [3.8, 4) is 0 Å². The van der Waals surface area contributed by atoms with Crippen molar-refractivity contribution in [1.82, 2.24) is 4.57 Å². The highest BCUT2D eigenvalue weighted by molar-refractivity contribution is 6.35. The highest BCUT2D eigenvalue weighted by atomic mass is 35.5. The molecule has 0 fully saturated rings. The van der Waals surface area contributed by atoms with Gasteiger partial charge in [-0.25, -0.2) is 0 Å². The van der Waals surface area contributed by atoms with Gasteiger partial charge in [0.05, 0.1) is 18.2 Å². The molecule has 0 aliphatic heterocycles. The third kappa shape index (κ3) is 3.15. The summed E-state index contributed by atoms with van der Waals surface area (Å²) in [6, 6.07) is 7.55. The molecule has 0 N–H and O–H groups in total. The van der Waals surface area contributed by atoms with E-state index < -0.39 is 5.97 Å². The fourth-order valence-corrected chi connectivity index (χ4v) is 2.23. The van der Waals surface area contributed by atoms with Gasteiger partial charge in [0.15, 0.2) is 5.78 Å². The van der Waals surface area contributed by atoms with E-state index in [1.807, 2.05) is 24.3 Å². The molecule has 2 rings (SSSR count). The minimum Gasteiger partial charge on any atom is -0.466 e. The first kappa shape index (κ1) is 13.6. The average Bonchev–Trinajstić information content (AvgIpc) is 2.67. The molecule has 1 aromatic heterocycles. The molecule has 0 saturated heterocycles. The molecule has 0 radical (unpaired) electrons. The summed E-state index contributed by atoms with van der Waals surface area (Å²) in [5.74, 6) is -0.689. The first-order chi connectivity index (χ1) is 9.11. The van der Waals surface area contributed by atoms with E-state index in [4.69, 9.17) is 16.3 Å². The van der Waals surface area contributed by atoms with Crippen molar-refractivity contribution in [2.24, 2.45) is 0 Å². The van der Waals surface area contributed by atoms with Crippen LogP contribution in [0.2, 0.25) is 5.02 Å². The molecule has 0 spiro atoms. The number of hydrogen-bond acceptors (Lipinski definition) is 3. The number of fused-ring (bicyclic) bond motifs is 1. The summed E-state index contributed by atoms with van der Waals surface area (Å²) in [7, 11) is 0. The fourth-order valence-electron chi connectivity index (χ4n) is 1.95. The number of nitrogens with zero attached hydrogens (tertiary/aromatic N) is 1. The number of carbonyl (C=O) groups excluding carboxylic acids is 2. The van der Waals surface area contributed by atoms with Gasteiger partial charge in [0.1, 0.15) is 6.42 Å². The normalized spacial score (nSPS) is 10.6. The SMILES string of the molecule is CCOC(=O)CC(=O)Cn1cc(Cl)c2ccccc21. The summed E-state index contributed by atoms with van der Waals surface area (Å²) in [6.07, 6.45) is 1.49. The van der Waals surface area contributed by atoms with Crippen LogP contribution in [0.5, 0.6) is 0 Å². The Morgan fingerprint density at radius 3 is 2.79 bits per heavy atom. The molecular weight excluding hydrogens is 266 g/mol. The molecule has 0 aliphatic rings. The topological polar surface area (TPSA) is 48.3 Å². The lowest BCUT2D eigenvalue weighted by atomic mass is 10.2. The number of aromatic nitrogens is 1. The lowest BCUT2D eigenvalue weighted by Crippen LogP contribution is -2.15. The van der Waals surface area contributed by atoms with Crippen LogP contribution in [0.4, 0.5) is 0 Å². The van der Waals surface area contributed by atoms with E-state index in [-0.39, 0.29) is 25.4 Å². The van der Waals surface area contributed by atoms with Gasteiger partial charge in [-0.1, -0.05) is 29.8 Å². The molecule has 1 heterocycles. The molecule has 4 nitrogen and oxygen atoms in total. The number of para-hydroxylation sites is 1. The Labute approximate surface area is 115 Å². The second-order valence-corrected chi connectivity index (χ2v) is 4.55. The van der Waals surface area contributed by atoms with Gasteiger partial charge < -0.3 is 9.30 Å². The van der Waals surface area contributed by atoms with E-state index in [0.29, 0.717) is 5.02 Å². The van der Waals surface area contributed by atoms with Crippen LogP contribution in [-0.4, -0.2) is 22.9 Å². The van der Waals surface area contributed by atoms with Gasteiger partial charge in [-0.15, -0.1) is 0 Å². The third-order valence-corrected chi connectivity index (χ3v) is 3.03. The number of ether oxygens (including phenoxy) is 1. The van der Waals surface area contributed by atoms with Crippen molar-refractivity contribution in [2.45, 2.75) is 19.9 Å². The van der Waals surface area contributed by atoms with Gasteiger partial charge >= 0.3 is 5.97 Å². The molecule has 0 saturated carbocycles. The largest absolute Gasteiger partial charge is 0.466 e. The van der Waals surface area contributed by atoms with Gasteiger partial charge in [-0.2, -0.15) is 0 Å². The molecule has 100 valence electrons. The number of halogens is 1. The first-order valence-corrected chi connectivity index (χ1v) is 6.40. The zero-order chi connectivity index (χ0) is 13.8. The van der Waals surface area contributed by atoms with E-state index in [1.54, 1.807) is 17.7 Å². The Balaban J connectivity index is 2.13. The summed E-state index contributed by atoms with van der Waals surface area (Å²) in [5.41, 5.74) is 0.879. The smallest absolute Gasteiger partial charge is 0.313 e. The zero-order valence-electron chi connectivity index (χ0n) is 10.6. The quantitative estimate of drug-likeness (QED) is 0.625. The van der Waals surface area contributed by atoms with Crippen molar-refractivity contribution in [3.05, 3.63) is 35.5 Å². The molecule has 0 amide bonds. The maximum atomic E-state index is 11.8. The second-order valence-electron chi connectivity index (χ2n) is 4.14. The summed E-state index contributed by atoms with van der Waals surface area (Å²) in [4.78, 5) is 23.0. The summed E-state index contributed by atoms with van der Waals surface area (Å²) in [5, 5.41) is 1.49. The maximum absolute atomic E-state index is 11.8. The second kappa shape index (κ2) is 5.89. The molecule has 0 unspecified atom stereocenters. The minimum atomic E-state index is -0.491.